The number of benzene rings is 2. The third-order valence-corrected chi connectivity index (χ3v) is 4.00. The molecular weight excluding hydrogens is 334 g/mol. The summed E-state index contributed by atoms with van der Waals surface area (Å²) in [5.41, 5.74) is 2.54. The fraction of sp³-hybridized carbons (Fsp3) is 0.263. The van der Waals surface area contributed by atoms with E-state index in [9.17, 15) is 0 Å². The molecule has 3 aromatic rings. The van der Waals surface area contributed by atoms with Crippen LogP contribution in [0.3, 0.4) is 0 Å². The number of methoxy groups -OCH3 is 4. The smallest absolute Gasteiger partial charge is 0.203 e. The van der Waals surface area contributed by atoms with Crippen molar-refractivity contribution in [3.05, 3.63) is 48.2 Å². The van der Waals surface area contributed by atoms with Crippen molar-refractivity contribution in [2.45, 2.75) is 6.54 Å². The van der Waals surface area contributed by atoms with E-state index < -0.39 is 0 Å². The second-order valence-electron chi connectivity index (χ2n) is 5.53. The SMILES string of the molecule is COc1cccc(Cn2cc(-c3ccc(OC)c(OC)c3OC)nn2)c1. The van der Waals surface area contributed by atoms with Crippen LogP contribution in [-0.2, 0) is 6.54 Å². The van der Waals surface area contributed by atoms with Crippen LogP contribution in [0.5, 0.6) is 23.0 Å². The van der Waals surface area contributed by atoms with Crippen molar-refractivity contribution in [1.29, 1.82) is 0 Å². The van der Waals surface area contributed by atoms with Gasteiger partial charge in [-0.1, -0.05) is 17.3 Å². The van der Waals surface area contributed by atoms with Gasteiger partial charge in [-0.3, -0.25) is 0 Å². The highest BCUT2D eigenvalue weighted by Crippen LogP contribution is 2.43. The van der Waals surface area contributed by atoms with Crippen molar-refractivity contribution in [2.75, 3.05) is 28.4 Å². The number of ether oxygens (including phenoxy) is 4. The molecule has 26 heavy (non-hydrogen) atoms. The molecule has 7 heteroatoms. The lowest BCUT2D eigenvalue weighted by molar-refractivity contribution is 0.325. The van der Waals surface area contributed by atoms with Gasteiger partial charge in [-0.2, -0.15) is 0 Å². The molecule has 0 spiro atoms. The molecule has 0 atom stereocenters. The van der Waals surface area contributed by atoms with Crippen LogP contribution in [0.4, 0.5) is 0 Å². The van der Waals surface area contributed by atoms with Crippen LogP contribution in [0.25, 0.3) is 11.3 Å². The van der Waals surface area contributed by atoms with Crippen molar-refractivity contribution < 1.29 is 18.9 Å². The Balaban J connectivity index is 1.92. The van der Waals surface area contributed by atoms with Gasteiger partial charge in [-0.05, 0) is 29.8 Å². The van der Waals surface area contributed by atoms with Gasteiger partial charge in [-0.15, -0.1) is 5.10 Å². The summed E-state index contributed by atoms with van der Waals surface area (Å²) in [5.74, 6) is 2.48. The minimum Gasteiger partial charge on any atom is -0.497 e. The van der Waals surface area contributed by atoms with Gasteiger partial charge < -0.3 is 18.9 Å². The van der Waals surface area contributed by atoms with Gasteiger partial charge in [-0.25, -0.2) is 4.68 Å². The Morgan fingerprint density at radius 1 is 0.885 bits per heavy atom. The topological polar surface area (TPSA) is 67.6 Å². The van der Waals surface area contributed by atoms with Crippen LogP contribution in [0.15, 0.2) is 42.6 Å². The Hall–Kier alpha value is -3.22. The average molecular weight is 355 g/mol. The van der Waals surface area contributed by atoms with Gasteiger partial charge in [0.25, 0.3) is 0 Å². The predicted octanol–water partition coefficient (Wildman–Crippen LogP) is 3.03. The molecule has 0 saturated heterocycles. The zero-order chi connectivity index (χ0) is 18.5. The maximum absolute atomic E-state index is 5.52. The molecule has 1 aromatic heterocycles. The zero-order valence-electron chi connectivity index (χ0n) is 15.2. The Kier molecular flexibility index (Phi) is 5.26. The van der Waals surface area contributed by atoms with Crippen molar-refractivity contribution >= 4 is 0 Å². The molecule has 0 N–H and O–H groups in total. The molecule has 136 valence electrons. The lowest BCUT2D eigenvalue weighted by Crippen LogP contribution is -2.00. The Bertz CT molecular complexity index is 892. The minimum atomic E-state index is 0.523. The van der Waals surface area contributed by atoms with E-state index in [2.05, 4.69) is 10.3 Å². The van der Waals surface area contributed by atoms with E-state index in [0.717, 1.165) is 16.9 Å². The van der Waals surface area contributed by atoms with Gasteiger partial charge in [0.05, 0.1) is 41.2 Å². The number of hydrogen-bond acceptors (Lipinski definition) is 6. The first-order valence-electron chi connectivity index (χ1n) is 8.02. The summed E-state index contributed by atoms with van der Waals surface area (Å²) in [4.78, 5) is 0. The summed E-state index contributed by atoms with van der Waals surface area (Å²) in [6, 6.07) is 11.5. The molecule has 0 radical (unpaired) electrons. The monoisotopic (exact) mass is 355 g/mol. The number of rotatable bonds is 7. The summed E-state index contributed by atoms with van der Waals surface area (Å²) in [7, 11) is 6.39. The van der Waals surface area contributed by atoms with E-state index in [4.69, 9.17) is 18.9 Å². The van der Waals surface area contributed by atoms with E-state index in [-0.39, 0.29) is 0 Å². The standard InChI is InChI=1S/C19H21N3O4/c1-23-14-7-5-6-13(10-14)11-22-12-16(20-21-22)15-8-9-17(24-2)19(26-4)18(15)25-3/h5-10,12H,11H2,1-4H3. The summed E-state index contributed by atoms with van der Waals surface area (Å²) < 4.78 is 23.3. The third-order valence-electron chi connectivity index (χ3n) is 4.00. The van der Waals surface area contributed by atoms with E-state index in [1.165, 1.54) is 0 Å². The Morgan fingerprint density at radius 2 is 1.69 bits per heavy atom. The van der Waals surface area contributed by atoms with E-state index in [1.807, 2.05) is 42.6 Å². The first kappa shape index (κ1) is 17.6. The van der Waals surface area contributed by atoms with E-state index >= 15 is 0 Å². The minimum absolute atomic E-state index is 0.523. The van der Waals surface area contributed by atoms with Gasteiger partial charge in [0.1, 0.15) is 11.4 Å². The normalized spacial score (nSPS) is 10.5. The number of nitrogens with zero attached hydrogens (tertiary/aromatic N) is 3. The van der Waals surface area contributed by atoms with Gasteiger partial charge in [0, 0.05) is 5.56 Å². The van der Waals surface area contributed by atoms with Crippen molar-refractivity contribution in [3.8, 4) is 34.3 Å². The molecular formula is C19H21N3O4. The lowest BCUT2D eigenvalue weighted by atomic mass is 10.1. The van der Waals surface area contributed by atoms with Gasteiger partial charge in [0.15, 0.2) is 11.5 Å². The van der Waals surface area contributed by atoms with Crippen LogP contribution >= 0.6 is 0 Å². The third kappa shape index (κ3) is 3.42. The van der Waals surface area contributed by atoms with E-state index in [0.29, 0.717) is 29.5 Å². The quantitative estimate of drug-likeness (QED) is 0.649. The second-order valence-corrected chi connectivity index (χ2v) is 5.53. The fourth-order valence-corrected chi connectivity index (χ4v) is 2.76. The molecule has 2 aromatic carbocycles. The highest BCUT2D eigenvalue weighted by atomic mass is 16.5. The maximum Gasteiger partial charge on any atom is 0.203 e. The van der Waals surface area contributed by atoms with Crippen molar-refractivity contribution in [3.63, 3.8) is 0 Å². The number of hydrogen-bond donors (Lipinski definition) is 0. The molecule has 3 rings (SSSR count). The first-order valence-corrected chi connectivity index (χ1v) is 8.02. The van der Waals surface area contributed by atoms with Crippen LogP contribution in [0, 0.1) is 0 Å². The summed E-state index contributed by atoms with van der Waals surface area (Å²) in [6.45, 7) is 0.583. The van der Waals surface area contributed by atoms with Gasteiger partial charge >= 0.3 is 0 Å². The molecule has 0 aliphatic heterocycles. The fourth-order valence-electron chi connectivity index (χ4n) is 2.76. The Labute approximate surface area is 152 Å². The average Bonchev–Trinajstić information content (AvgIpc) is 3.14. The van der Waals surface area contributed by atoms with Gasteiger partial charge in [0.2, 0.25) is 5.75 Å². The van der Waals surface area contributed by atoms with Crippen LogP contribution < -0.4 is 18.9 Å². The molecule has 0 bridgehead atoms. The van der Waals surface area contributed by atoms with Crippen LogP contribution in [-0.4, -0.2) is 43.4 Å². The molecule has 1 heterocycles. The highest BCUT2D eigenvalue weighted by molar-refractivity contribution is 5.73. The summed E-state index contributed by atoms with van der Waals surface area (Å²) in [6.07, 6.45) is 1.86. The zero-order valence-corrected chi connectivity index (χ0v) is 15.2. The lowest BCUT2D eigenvalue weighted by Gasteiger charge is -2.14. The number of aromatic nitrogens is 3. The van der Waals surface area contributed by atoms with Crippen molar-refractivity contribution in [1.82, 2.24) is 15.0 Å². The van der Waals surface area contributed by atoms with Crippen LogP contribution in [0.1, 0.15) is 5.56 Å². The Morgan fingerprint density at radius 3 is 2.38 bits per heavy atom. The maximum atomic E-state index is 5.52. The molecule has 7 nitrogen and oxygen atoms in total. The van der Waals surface area contributed by atoms with E-state index in [1.54, 1.807) is 33.1 Å². The first-order chi connectivity index (χ1) is 12.7. The molecule has 0 aliphatic rings. The molecule has 0 fully saturated rings. The molecule has 0 saturated carbocycles. The predicted molar refractivity (Wildman–Crippen MR) is 97.2 cm³/mol. The van der Waals surface area contributed by atoms with Crippen LogP contribution in [0.2, 0.25) is 0 Å². The van der Waals surface area contributed by atoms with Crippen molar-refractivity contribution in [2.24, 2.45) is 0 Å². The summed E-state index contributed by atoms with van der Waals surface area (Å²) >= 11 is 0. The highest BCUT2D eigenvalue weighted by Gasteiger charge is 2.19. The molecule has 0 unspecified atom stereocenters. The summed E-state index contributed by atoms with van der Waals surface area (Å²) in [5, 5.41) is 8.49. The molecule has 0 amide bonds. The largest absolute Gasteiger partial charge is 0.497 e. The molecule has 0 aliphatic carbocycles. The second kappa shape index (κ2) is 7.77.